The van der Waals surface area contributed by atoms with Crippen molar-refractivity contribution in [2.24, 2.45) is 11.8 Å². The number of amides is 1. The quantitative estimate of drug-likeness (QED) is 0.885. The van der Waals surface area contributed by atoms with Gasteiger partial charge in [-0.1, -0.05) is 12.8 Å². The number of hydrogen-bond acceptors (Lipinski definition) is 5. The molecule has 1 aromatic rings. The number of hydrogen-bond donors (Lipinski definition) is 2. The molecule has 2 aliphatic rings. The molecule has 0 radical (unpaired) electrons. The molecule has 1 aliphatic heterocycles. The number of anilines is 1. The minimum absolute atomic E-state index is 0.105. The second-order valence-corrected chi connectivity index (χ2v) is 7.71. The highest BCUT2D eigenvalue weighted by Crippen LogP contribution is 2.28. The standard InChI is InChI=1S/C17H27N3O2S/c1-12-11-23-17(18-12)20-8-6-13(7-9-20)16(22)19-15-5-3-2-4-14(15)10-21/h11,13-15,21H,2-10H2,1H3,(H,19,22). The van der Waals surface area contributed by atoms with Gasteiger partial charge in [-0.25, -0.2) is 4.98 Å². The molecule has 0 bridgehead atoms. The monoisotopic (exact) mass is 337 g/mol. The fraction of sp³-hybridized carbons (Fsp3) is 0.765. The summed E-state index contributed by atoms with van der Waals surface area (Å²) in [4.78, 5) is 19.4. The molecule has 128 valence electrons. The van der Waals surface area contributed by atoms with Gasteiger partial charge in [-0.3, -0.25) is 4.79 Å². The third-order valence-electron chi connectivity index (χ3n) is 5.21. The van der Waals surface area contributed by atoms with Crippen LogP contribution in [0.25, 0.3) is 0 Å². The fourth-order valence-electron chi connectivity index (χ4n) is 3.74. The van der Waals surface area contributed by atoms with Crippen molar-refractivity contribution in [3.63, 3.8) is 0 Å². The van der Waals surface area contributed by atoms with E-state index in [4.69, 9.17) is 0 Å². The lowest BCUT2D eigenvalue weighted by atomic mass is 9.84. The summed E-state index contributed by atoms with van der Waals surface area (Å²) >= 11 is 1.68. The molecule has 23 heavy (non-hydrogen) atoms. The maximum Gasteiger partial charge on any atom is 0.223 e. The molecule has 0 aromatic carbocycles. The zero-order valence-electron chi connectivity index (χ0n) is 13.8. The van der Waals surface area contributed by atoms with Gasteiger partial charge in [-0.2, -0.15) is 0 Å². The number of aromatic nitrogens is 1. The molecule has 6 heteroatoms. The molecule has 2 N–H and O–H groups in total. The minimum atomic E-state index is 0.105. The average Bonchev–Trinajstić information content (AvgIpc) is 3.02. The molecule has 1 aromatic heterocycles. The number of nitrogens with one attached hydrogen (secondary N) is 1. The van der Waals surface area contributed by atoms with Gasteiger partial charge in [0, 0.05) is 43.0 Å². The predicted molar refractivity (Wildman–Crippen MR) is 92.8 cm³/mol. The minimum Gasteiger partial charge on any atom is -0.396 e. The van der Waals surface area contributed by atoms with Crippen molar-refractivity contribution in [1.29, 1.82) is 0 Å². The van der Waals surface area contributed by atoms with Crippen LogP contribution in [0.15, 0.2) is 5.38 Å². The third kappa shape index (κ3) is 4.04. The number of aryl methyl sites for hydroxylation is 1. The summed E-state index contributed by atoms with van der Waals surface area (Å²) in [5, 5.41) is 15.9. The number of thiazole rings is 1. The number of carbonyl (C=O) groups excluding carboxylic acids is 1. The molecular formula is C17H27N3O2S. The number of piperidine rings is 1. The number of aliphatic hydroxyl groups is 1. The van der Waals surface area contributed by atoms with E-state index in [1.165, 1.54) is 6.42 Å². The van der Waals surface area contributed by atoms with Crippen molar-refractivity contribution in [2.75, 3.05) is 24.6 Å². The van der Waals surface area contributed by atoms with E-state index in [2.05, 4.69) is 20.6 Å². The highest BCUT2D eigenvalue weighted by atomic mass is 32.1. The molecule has 2 fully saturated rings. The lowest BCUT2D eigenvalue weighted by Gasteiger charge is -2.35. The molecule has 1 aliphatic carbocycles. The Morgan fingerprint density at radius 1 is 1.35 bits per heavy atom. The molecule has 2 unspecified atom stereocenters. The first-order valence-corrected chi connectivity index (χ1v) is 9.63. The lowest BCUT2D eigenvalue weighted by Crippen LogP contribution is -2.48. The van der Waals surface area contributed by atoms with Gasteiger partial charge in [-0.15, -0.1) is 11.3 Å². The van der Waals surface area contributed by atoms with E-state index >= 15 is 0 Å². The summed E-state index contributed by atoms with van der Waals surface area (Å²) in [5.41, 5.74) is 1.07. The van der Waals surface area contributed by atoms with E-state index in [9.17, 15) is 9.90 Å². The first kappa shape index (κ1) is 16.7. The average molecular weight is 337 g/mol. The van der Waals surface area contributed by atoms with Gasteiger partial charge < -0.3 is 15.3 Å². The van der Waals surface area contributed by atoms with Crippen molar-refractivity contribution >= 4 is 22.4 Å². The number of nitrogens with zero attached hydrogens (tertiary/aromatic N) is 2. The highest BCUT2D eigenvalue weighted by Gasteiger charge is 2.30. The highest BCUT2D eigenvalue weighted by molar-refractivity contribution is 7.13. The summed E-state index contributed by atoms with van der Waals surface area (Å²) in [5.74, 6) is 0.532. The Hall–Kier alpha value is -1.14. The van der Waals surface area contributed by atoms with Crippen LogP contribution in [0, 0.1) is 18.8 Å². The Balaban J connectivity index is 1.50. The lowest BCUT2D eigenvalue weighted by molar-refractivity contribution is -0.127. The Morgan fingerprint density at radius 3 is 2.74 bits per heavy atom. The Kier molecular flexibility index (Phi) is 5.54. The zero-order valence-corrected chi connectivity index (χ0v) is 14.6. The number of carbonyl (C=O) groups is 1. The Bertz CT molecular complexity index is 526. The molecule has 1 saturated carbocycles. The normalized spacial score (nSPS) is 26.3. The van der Waals surface area contributed by atoms with E-state index in [-0.39, 0.29) is 30.4 Å². The molecule has 2 heterocycles. The summed E-state index contributed by atoms with van der Waals surface area (Å²) < 4.78 is 0. The van der Waals surface area contributed by atoms with Gasteiger partial charge in [0.15, 0.2) is 5.13 Å². The van der Waals surface area contributed by atoms with Crippen molar-refractivity contribution in [1.82, 2.24) is 10.3 Å². The van der Waals surface area contributed by atoms with Crippen molar-refractivity contribution in [3.05, 3.63) is 11.1 Å². The molecule has 5 nitrogen and oxygen atoms in total. The summed E-state index contributed by atoms with van der Waals surface area (Å²) in [7, 11) is 0. The molecule has 0 spiro atoms. The maximum atomic E-state index is 12.6. The van der Waals surface area contributed by atoms with E-state index in [0.29, 0.717) is 0 Å². The van der Waals surface area contributed by atoms with Gasteiger partial charge in [0.05, 0.1) is 5.69 Å². The van der Waals surface area contributed by atoms with Crippen LogP contribution in [0.2, 0.25) is 0 Å². The fourth-order valence-corrected chi connectivity index (χ4v) is 4.59. The summed E-state index contributed by atoms with van der Waals surface area (Å²) in [6.45, 7) is 4.01. The Morgan fingerprint density at radius 2 is 2.09 bits per heavy atom. The van der Waals surface area contributed by atoms with E-state index < -0.39 is 0 Å². The topological polar surface area (TPSA) is 65.5 Å². The summed E-state index contributed by atoms with van der Waals surface area (Å²) in [6, 6.07) is 0.167. The first-order chi connectivity index (χ1) is 11.2. The largest absolute Gasteiger partial charge is 0.396 e. The SMILES string of the molecule is Cc1csc(N2CCC(C(=O)NC3CCCCC3CO)CC2)n1. The number of rotatable bonds is 4. The van der Waals surface area contributed by atoms with Gasteiger partial charge >= 0.3 is 0 Å². The Labute approximate surface area is 142 Å². The van der Waals surface area contributed by atoms with Gasteiger partial charge in [0.1, 0.15) is 0 Å². The van der Waals surface area contributed by atoms with Crippen LogP contribution in [-0.4, -0.2) is 41.7 Å². The van der Waals surface area contributed by atoms with E-state index in [1.54, 1.807) is 11.3 Å². The summed E-state index contributed by atoms with van der Waals surface area (Å²) in [6.07, 6.45) is 6.14. The van der Waals surface area contributed by atoms with Crippen molar-refractivity contribution < 1.29 is 9.90 Å². The first-order valence-electron chi connectivity index (χ1n) is 8.75. The maximum absolute atomic E-state index is 12.6. The second-order valence-electron chi connectivity index (χ2n) is 6.87. The van der Waals surface area contributed by atoms with Crippen LogP contribution in [0.5, 0.6) is 0 Å². The van der Waals surface area contributed by atoms with E-state index in [1.807, 2.05) is 6.92 Å². The van der Waals surface area contributed by atoms with Crippen LogP contribution in [-0.2, 0) is 4.79 Å². The van der Waals surface area contributed by atoms with E-state index in [0.717, 1.165) is 56.0 Å². The van der Waals surface area contributed by atoms with Crippen LogP contribution < -0.4 is 10.2 Å². The zero-order chi connectivity index (χ0) is 16.2. The molecular weight excluding hydrogens is 310 g/mol. The smallest absolute Gasteiger partial charge is 0.223 e. The molecule has 2 atom stereocenters. The second kappa shape index (κ2) is 7.62. The van der Waals surface area contributed by atoms with Gasteiger partial charge in [0.25, 0.3) is 0 Å². The van der Waals surface area contributed by atoms with Crippen LogP contribution >= 0.6 is 11.3 Å². The van der Waals surface area contributed by atoms with Gasteiger partial charge in [0.2, 0.25) is 5.91 Å². The van der Waals surface area contributed by atoms with Crippen molar-refractivity contribution in [3.8, 4) is 0 Å². The molecule has 3 rings (SSSR count). The van der Waals surface area contributed by atoms with Crippen LogP contribution in [0.4, 0.5) is 5.13 Å². The van der Waals surface area contributed by atoms with Crippen LogP contribution in [0.1, 0.15) is 44.2 Å². The number of aliphatic hydroxyl groups excluding tert-OH is 1. The third-order valence-corrected chi connectivity index (χ3v) is 6.23. The van der Waals surface area contributed by atoms with Gasteiger partial charge in [-0.05, 0) is 32.6 Å². The predicted octanol–water partition coefficient (Wildman–Crippen LogP) is 2.34. The van der Waals surface area contributed by atoms with Crippen molar-refractivity contribution in [2.45, 2.75) is 51.5 Å². The molecule has 1 saturated heterocycles. The van der Waals surface area contributed by atoms with Crippen LogP contribution in [0.3, 0.4) is 0 Å². The molecule has 1 amide bonds.